The van der Waals surface area contributed by atoms with Crippen LogP contribution in [0.1, 0.15) is 30.9 Å². The average Bonchev–Trinajstić information content (AvgIpc) is 2.38. The SMILES string of the molecule is CCCCOCCc1ccc(C(N)=NO)cc1. The molecule has 0 aliphatic carbocycles. The van der Waals surface area contributed by atoms with Crippen molar-refractivity contribution in [1.29, 1.82) is 0 Å². The molecule has 0 aliphatic heterocycles. The summed E-state index contributed by atoms with van der Waals surface area (Å²) >= 11 is 0. The van der Waals surface area contributed by atoms with Crippen molar-refractivity contribution in [3.63, 3.8) is 0 Å². The summed E-state index contributed by atoms with van der Waals surface area (Å²) in [7, 11) is 0. The minimum atomic E-state index is 0.135. The Bertz CT molecular complexity index is 347. The molecule has 94 valence electrons. The highest BCUT2D eigenvalue weighted by Gasteiger charge is 1.99. The van der Waals surface area contributed by atoms with E-state index in [4.69, 9.17) is 15.7 Å². The molecule has 0 aromatic heterocycles. The maximum absolute atomic E-state index is 8.52. The third kappa shape index (κ3) is 4.87. The van der Waals surface area contributed by atoms with Crippen molar-refractivity contribution in [2.45, 2.75) is 26.2 Å². The molecule has 0 bridgehead atoms. The van der Waals surface area contributed by atoms with Gasteiger partial charge in [-0.1, -0.05) is 42.8 Å². The van der Waals surface area contributed by atoms with E-state index < -0.39 is 0 Å². The molecule has 3 N–H and O–H groups in total. The molecule has 0 amide bonds. The highest BCUT2D eigenvalue weighted by Crippen LogP contribution is 2.05. The Kier molecular flexibility index (Phi) is 6.10. The Hall–Kier alpha value is -1.55. The van der Waals surface area contributed by atoms with Gasteiger partial charge < -0.3 is 15.7 Å². The molecular formula is C13H20N2O2. The predicted octanol–water partition coefficient (Wildman–Crippen LogP) is 2.14. The van der Waals surface area contributed by atoms with E-state index in [2.05, 4.69) is 12.1 Å². The van der Waals surface area contributed by atoms with Gasteiger partial charge in [-0.05, 0) is 18.4 Å². The number of amidine groups is 1. The number of ether oxygens (including phenoxy) is 1. The summed E-state index contributed by atoms with van der Waals surface area (Å²) < 4.78 is 5.49. The minimum absolute atomic E-state index is 0.135. The zero-order chi connectivity index (χ0) is 12.5. The number of hydrogen-bond donors (Lipinski definition) is 2. The van der Waals surface area contributed by atoms with Gasteiger partial charge in [-0.15, -0.1) is 0 Å². The number of oxime groups is 1. The molecule has 17 heavy (non-hydrogen) atoms. The van der Waals surface area contributed by atoms with Gasteiger partial charge in [-0.2, -0.15) is 0 Å². The molecular weight excluding hydrogens is 216 g/mol. The summed E-state index contributed by atoms with van der Waals surface area (Å²) in [5.41, 5.74) is 7.39. The third-order valence-corrected chi connectivity index (χ3v) is 2.53. The van der Waals surface area contributed by atoms with Crippen molar-refractivity contribution >= 4 is 5.84 Å². The van der Waals surface area contributed by atoms with Crippen molar-refractivity contribution < 1.29 is 9.94 Å². The largest absolute Gasteiger partial charge is 0.409 e. The van der Waals surface area contributed by atoms with Crippen LogP contribution in [0.2, 0.25) is 0 Å². The Morgan fingerprint density at radius 1 is 1.29 bits per heavy atom. The van der Waals surface area contributed by atoms with Crippen LogP contribution in [0.15, 0.2) is 29.4 Å². The molecule has 4 heteroatoms. The maximum Gasteiger partial charge on any atom is 0.170 e. The lowest BCUT2D eigenvalue weighted by molar-refractivity contribution is 0.134. The smallest absolute Gasteiger partial charge is 0.170 e. The number of unbranched alkanes of at least 4 members (excludes halogenated alkanes) is 1. The lowest BCUT2D eigenvalue weighted by atomic mass is 10.1. The fourth-order valence-corrected chi connectivity index (χ4v) is 1.44. The molecule has 0 saturated carbocycles. The first-order valence-electron chi connectivity index (χ1n) is 5.92. The quantitative estimate of drug-likeness (QED) is 0.250. The summed E-state index contributed by atoms with van der Waals surface area (Å²) in [6.07, 6.45) is 3.16. The van der Waals surface area contributed by atoms with Crippen molar-refractivity contribution in [3.05, 3.63) is 35.4 Å². The molecule has 4 nitrogen and oxygen atoms in total. The number of hydrogen-bond acceptors (Lipinski definition) is 3. The van der Waals surface area contributed by atoms with Crippen LogP contribution in [0.3, 0.4) is 0 Å². The van der Waals surface area contributed by atoms with Crippen LogP contribution < -0.4 is 5.73 Å². The van der Waals surface area contributed by atoms with Gasteiger partial charge in [0.1, 0.15) is 0 Å². The fraction of sp³-hybridized carbons (Fsp3) is 0.462. The molecule has 0 heterocycles. The molecule has 1 aromatic carbocycles. The molecule has 1 rings (SSSR count). The van der Waals surface area contributed by atoms with E-state index in [1.165, 1.54) is 5.56 Å². The van der Waals surface area contributed by atoms with Gasteiger partial charge in [0, 0.05) is 12.2 Å². The third-order valence-electron chi connectivity index (χ3n) is 2.53. The molecule has 0 fully saturated rings. The highest BCUT2D eigenvalue weighted by atomic mass is 16.5. The first kappa shape index (κ1) is 13.5. The van der Waals surface area contributed by atoms with Crippen LogP contribution in [0.5, 0.6) is 0 Å². The van der Waals surface area contributed by atoms with Gasteiger partial charge in [0.2, 0.25) is 0 Å². The normalized spacial score (nSPS) is 11.7. The second kappa shape index (κ2) is 7.68. The number of nitrogens with zero attached hydrogens (tertiary/aromatic N) is 1. The van der Waals surface area contributed by atoms with E-state index >= 15 is 0 Å². The molecule has 0 radical (unpaired) electrons. The van der Waals surface area contributed by atoms with E-state index in [-0.39, 0.29) is 5.84 Å². The van der Waals surface area contributed by atoms with E-state index in [9.17, 15) is 0 Å². The van der Waals surface area contributed by atoms with Crippen LogP contribution in [0.4, 0.5) is 0 Å². The van der Waals surface area contributed by atoms with Crippen LogP contribution in [0, 0.1) is 0 Å². The van der Waals surface area contributed by atoms with Crippen molar-refractivity contribution in [2.24, 2.45) is 10.9 Å². The molecule has 0 saturated heterocycles. The predicted molar refractivity (Wildman–Crippen MR) is 68.4 cm³/mol. The maximum atomic E-state index is 8.52. The highest BCUT2D eigenvalue weighted by molar-refractivity contribution is 5.96. The monoisotopic (exact) mass is 236 g/mol. The van der Waals surface area contributed by atoms with E-state index in [0.29, 0.717) is 0 Å². The Labute approximate surface area is 102 Å². The average molecular weight is 236 g/mol. The van der Waals surface area contributed by atoms with Crippen molar-refractivity contribution in [2.75, 3.05) is 13.2 Å². The van der Waals surface area contributed by atoms with Crippen LogP contribution in [-0.2, 0) is 11.2 Å². The second-order valence-electron chi connectivity index (χ2n) is 3.90. The summed E-state index contributed by atoms with van der Waals surface area (Å²) in [5, 5.41) is 11.5. The molecule has 0 spiro atoms. The van der Waals surface area contributed by atoms with E-state index in [1.54, 1.807) is 0 Å². The Morgan fingerprint density at radius 2 is 2.00 bits per heavy atom. The summed E-state index contributed by atoms with van der Waals surface area (Å²) in [6.45, 7) is 3.72. The molecule has 0 unspecified atom stereocenters. The first-order chi connectivity index (χ1) is 8.27. The lowest BCUT2D eigenvalue weighted by Gasteiger charge is -2.04. The van der Waals surface area contributed by atoms with Crippen molar-refractivity contribution in [3.8, 4) is 0 Å². The topological polar surface area (TPSA) is 67.8 Å². The van der Waals surface area contributed by atoms with Gasteiger partial charge in [0.05, 0.1) is 6.61 Å². The van der Waals surface area contributed by atoms with Crippen LogP contribution in [0.25, 0.3) is 0 Å². The Balaban J connectivity index is 2.35. The molecule has 0 aliphatic rings. The lowest BCUT2D eigenvalue weighted by Crippen LogP contribution is -2.12. The van der Waals surface area contributed by atoms with Crippen LogP contribution in [-0.4, -0.2) is 24.3 Å². The fourth-order valence-electron chi connectivity index (χ4n) is 1.44. The van der Waals surface area contributed by atoms with Crippen LogP contribution >= 0.6 is 0 Å². The van der Waals surface area contributed by atoms with E-state index in [0.717, 1.165) is 38.0 Å². The summed E-state index contributed by atoms with van der Waals surface area (Å²) in [5.74, 6) is 0.135. The van der Waals surface area contributed by atoms with Gasteiger partial charge in [-0.25, -0.2) is 0 Å². The number of nitrogens with two attached hydrogens (primary N) is 1. The number of benzene rings is 1. The minimum Gasteiger partial charge on any atom is -0.409 e. The van der Waals surface area contributed by atoms with Gasteiger partial charge in [0.25, 0.3) is 0 Å². The van der Waals surface area contributed by atoms with Crippen molar-refractivity contribution in [1.82, 2.24) is 0 Å². The Morgan fingerprint density at radius 3 is 2.59 bits per heavy atom. The summed E-state index contributed by atoms with van der Waals surface area (Å²) in [6, 6.07) is 7.62. The first-order valence-corrected chi connectivity index (χ1v) is 5.92. The van der Waals surface area contributed by atoms with Gasteiger partial charge in [-0.3, -0.25) is 0 Å². The van der Waals surface area contributed by atoms with Gasteiger partial charge in [0.15, 0.2) is 5.84 Å². The second-order valence-corrected chi connectivity index (χ2v) is 3.90. The zero-order valence-corrected chi connectivity index (χ0v) is 10.2. The molecule has 1 aromatic rings. The number of rotatable bonds is 7. The van der Waals surface area contributed by atoms with Gasteiger partial charge >= 0.3 is 0 Å². The summed E-state index contributed by atoms with van der Waals surface area (Å²) in [4.78, 5) is 0. The zero-order valence-electron chi connectivity index (χ0n) is 10.2. The molecule has 0 atom stereocenters. The van der Waals surface area contributed by atoms with E-state index in [1.807, 2.05) is 24.3 Å². The standard InChI is InChI=1S/C13H20N2O2/c1-2-3-9-17-10-8-11-4-6-12(7-5-11)13(14)15-16/h4-7,16H,2-3,8-10H2,1H3,(H2,14,15).